The normalized spacial score (nSPS) is 15.8. The summed E-state index contributed by atoms with van der Waals surface area (Å²) in [7, 11) is 2.07. The molecule has 1 aromatic heterocycles. The summed E-state index contributed by atoms with van der Waals surface area (Å²) in [5, 5.41) is 12.0. The summed E-state index contributed by atoms with van der Waals surface area (Å²) in [5.74, 6) is 0.151. The third-order valence-corrected chi connectivity index (χ3v) is 5.52. The molecule has 4 heteroatoms. The van der Waals surface area contributed by atoms with Gasteiger partial charge >= 0.3 is 0 Å². The number of hydrogen-bond donors (Lipinski definition) is 1. The van der Waals surface area contributed by atoms with E-state index >= 15 is 0 Å². The lowest BCUT2D eigenvalue weighted by molar-refractivity contribution is -0.401. The Bertz CT molecular complexity index is 1100. The van der Waals surface area contributed by atoms with Gasteiger partial charge in [0.2, 0.25) is 5.69 Å². The van der Waals surface area contributed by atoms with Crippen molar-refractivity contribution in [1.82, 2.24) is 4.98 Å². The molecule has 0 aliphatic carbocycles. The first kappa shape index (κ1) is 16.8. The van der Waals surface area contributed by atoms with E-state index in [0.29, 0.717) is 16.1 Å². The Balaban J connectivity index is 1.82. The Morgan fingerprint density at radius 2 is 1.88 bits per heavy atom. The van der Waals surface area contributed by atoms with Crippen molar-refractivity contribution in [2.45, 2.75) is 19.3 Å². The second-order valence-electron chi connectivity index (χ2n) is 7.12. The lowest BCUT2D eigenvalue weighted by atomic mass is 9.81. The molecule has 2 heterocycles. The van der Waals surface area contributed by atoms with Gasteiger partial charge in [-0.3, -0.25) is 4.98 Å². The fraction of sp³-hybridized carbons (Fsp3) is 0.182. The number of allylic oxidation sites excluding steroid dienone is 1. The second kappa shape index (κ2) is 5.96. The summed E-state index contributed by atoms with van der Waals surface area (Å²) in [6.45, 7) is 4.42. The number of para-hydroxylation sites is 1. The highest BCUT2D eigenvalue weighted by Gasteiger charge is 2.42. The van der Waals surface area contributed by atoms with Crippen LogP contribution in [-0.4, -0.2) is 27.4 Å². The molecule has 0 spiro atoms. The number of benzene rings is 2. The molecule has 2 aromatic carbocycles. The van der Waals surface area contributed by atoms with Crippen molar-refractivity contribution in [2.24, 2.45) is 0 Å². The number of aromatic hydroxyl groups is 1. The van der Waals surface area contributed by atoms with Crippen LogP contribution in [0.2, 0.25) is 5.02 Å². The largest absolute Gasteiger partial charge is 0.505 e. The predicted octanol–water partition coefficient (Wildman–Crippen LogP) is 5.31. The van der Waals surface area contributed by atoms with Crippen LogP contribution in [0.5, 0.6) is 5.75 Å². The molecule has 0 bridgehead atoms. The first-order valence-corrected chi connectivity index (χ1v) is 8.94. The lowest BCUT2D eigenvalue weighted by Gasteiger charge is -2.15. The lowest BCUT2D eigenvalue weighted by Crippen LogP contribution is -2.26. The molecule has 1 N–H and O–H groups in total. The Hall–Kier alpha value is -2.65. The SMILES string of the molecule is C[N+]1=C(C=Cc2cc(Cl)c3cccnc3c2O)C(C)(C)c2ccccc21. The average Bonchev–Trinajstić information content (AvgIpc) is 2.84. The molecule has 0 saturated heterocycles. The van der Waals surface area contributed by atoms with E-state index < -0.39 is 0 Å². The van der Waals surface area contributed by atoms with E-state index in [1.807, 2.05) is 18.2 Å². The maximum Gasteiger partial charge on any atom is 0.209 e. The third kappa shape index (κ3) is 2.43. The van der Waals surface area contributed by atoms with Gasteiger partial charge in [0, 0.05) is 34.9 Å². The number of rotatable bonds is 2. The van der Waals surface area contributed by atoms with Crippen molar-refractivity contribution in [1.29, 1.82) is 0 Å². The van der Waals surface area contributed by atoms with Crippen molar-refractivity contribution in [3.05, 3.63) is 70.9 Å². The summed E-state index contributed by atoms with van der Waals surface area (Å²) in [6, 6.07) is 13.9. The van der Waals surface area contributed by atoms with Crippen LogP contribution in [-0.2, 0) is 5.41 Å². The number of halogens is 1. The van der Waals surface area contributed by atoms with Gasteiger partial charge in [-0.1, -0.05) is 29.8 Å². The molecule has 0 fully saturated rings. The van der Waals surface area contributed by atoms with Gasteiger partial charge in [0.1, 0.15) is 18.3 Å². The molecular weight excluding hydrogens is 344 g/mol. The number of fused-ring (bicyclic) bond motifs is 2. The van der Waals surface area contributed by atoms with Gasteiger partial charge in [-0.15, -0.1) is 0 Å². The van der Waals surface area contributed by atoms with E-state index in [1.165, 1.54) is 11.3 Å². The summed E-state index contributed by atoms with van der Waals surface area (Å²) >= 11 is 6.39. The number of phenols is 1. The second-order valence-corrected chi connectivity index (χ2v) is 7.52. The number of hydrogen-bond acceptors (Lipinski definition) is 2. The van der Waals surface area contributed by atoms with E-state index in [2.05, 4.69) is 60.8 Å². The van der Waals surface area contributed by atoms with Gasteiger partial charge < -0.3 is 5.11 Å². The zero-order chi connectivity index (χ0) is 18.5. The average molecular weight is 364 g/mol. The first-order chi connectivity index (χ1) is 12.4. The van der Waals surface area contributed by atoms with Crippen LogP contribution in [0.3, 0.4) is 0 Å². The van der Waals surface area contributed by atoms with E-state index in [4.69, 9.17) is 11.6 Å². The number of aromatic nitrogens is 1. The van der Waals surface area contributed by atoms with Crippen molar-refractivity contribution in [2.75, 3.05) is 7.05 Å². The molecule has 3 aromatic rings. The molecule has 0 radical (unpaired) electrons. The topological polar surface area (TPSA) is 36.1 Å². The van der Waals surface area contributed by atoms with Gasteiger partial charge in [0.15, 0.2) is 5.71 Å². The molecule has 1 aliphatic rings. The highest BCUT2D eigenvalue weighted by Crippen LogP contribution is 2.40. The van der Waals surface area contributed by atoms with Crippen LogP contribution >= 0.6 is 11.6 Å². The molecule has 26 heavy (non-hydrogen) atoms. The maximum absolute atomic E-state index is 10.6. The Kier molecular flexibility index (Phi) is 3.85. The van der Waals surface area contributed by atoms with Crippen molar-refractivity contribution in [3.8, 4) is 5.75 Å². The fourth-order valence-corrected chi connectivity index (χ4v) is 4.07. The highest BCUT2D eigenvalue weighted by atomic mass is 35.5. The zero-order valence-corrected chi connectivity index (χ0v) is 15.7. The quantitative estimate of drug-likeness (QED) is 0.626. The van der Waals surface area contributed by atoms with Crippen LogP contribution < -0.4 is 0 Å². The van der Waals surface area contributed by atoms with Crippen molar-refractivity contribution < 1.29 is 9.68 Å². The highest BCUT2D eigenvalue weighted by molar-refractivity contribution is 6.35. The Morgan fingerprint density at radius 1 is 1.12 bits per heavy atom. The standard InChI is InChI=1S/C22H19ClN2O/c1-22(2)16-8-4-5-9-18(16)25(3)19(22)11-10-14-13-17(23)15-7-6-12-24-20(15)21(14)26/h4-13H,1-3H3/p+1. The third-order valence-electron chi connectivity index (χ3n) is 5.21. The van der Waals surface area contributed by atoms with E-state index in [1.54, 1.807) is 12.3 Å². The smallest absolute Gasteiger partial charge is 0.209 e. The summed E-state index contributed by atoms with van der Waals surface area (Å²) < 4.78 is 2.20. The number of nitrogens with zero attached hydrogens (tertiary/aromatic N) is 2. The summed E-state index contributed by atoms with van der Waals surface area (Å²) in [6.07, 6.45) is 5.63. The van der Waals surface area contributed by atoms with Crippen molar-refractivity contribution in [3.63, 3.8) is 0 Å². The van der Waals surface area contributed by atoms with Gasteiger partial charge in [-0.2, -0.15) is 4.58 Å². The van der Waals surface area contributed by atoms with E-state index in [9.17, 15) is 5.11 Å². The Morgan fingerprint density at radius 3 is 2.65 bits per heavy atom. The van der Waals surface area contributed by atoms with Crippen LogP contribution in [0.4, 0.5) is 5.69 Å². The minimum Gasteiger partial charge on any atom is -0.505 e. The van der Waals surface area contributed by atoms with Crippen molar-refractivity contribution >= 4 is 40.0 Å². The van der Waals surface area contributed by atoms with Gasteiger partial charge in [0.05, 0.1) is 10.4 Å². The van der Waals surface area contributed by atoms with E-state index in [0.717, 1.165) is 11.1 Å². The van der Waals surface area contributed by atoms with Crippen LogP contribution in [0, 0.1) is 0 Å². The van der Waals surface area contributed by atoms with Crippen LogP contribution in [0.15, 0.2) is 54.7 Å². The fourth-order valence-electron chi connectivity index (χ4n) is 3.80. The number of pyridine rings is 1. The predicted molar refractivity (Wildman–Crippen MR) is 108 cm³/mol. The van der Waals surface area contributed by atoms with Gasteiger partial charge in [-0.05, 0) is 38.1 Å². The van der Waals surface area contributed by atoms with Crippen LogP contribution in [0.1, 0.15) is 25.0 Å². The summed E-state index contributed by atoms with van der Waals surface area (Å²) in [4.78, 5) is 4.27. The minimum absolute atomic E-state index is 0.115. The molecule has 1 aliphatic heterocycles. The van der Waals surface area contributed by atoms with Crippen LogP contribution in [0.25, 0.3) is 17.0 Å². The minimum atomic E-state index is -0.115. The van der Waals surface area contributed by atoms with E-state index in [-0.39, 0.29) is 11.2 Å². The monoisotopic (exact) mass is 363 g/mol. The molecule has 0 amide bonds. The molecule has 130 valence electrons. The molecular formula is C22H20ClN2O+. The molecule has 0 saturated carbocycles. The zero-order valence-electron chi connectivity index (χ0n) is 15.0. The molecule has 0 unspecified atom stereocenters. The molecule has 3 nitrogen and oxygen atoms in total. The first-order valence-electron chi connectivity index (χ1n) is 8.56. The molecule has 0 atom stereocenters. The summed E-state index contributed by atoms with van der Waals surface area (Å²) in [5.41, 5.74) is 4.73. The number of phenolic OH excluding ortho intramolecular Hbond substituents is 1. The maximum atomic E-state index is 10.6. The molecule has 4 rings (SSSR count). The Labute approximate surface area is 157 Å². The van der Waals surface area contributed by atoms with Gasteiger partial charge in [-0.25, -0.2) is 0 Å². The van der Waals surface area contributed by atoms with Gasteiger partial charge in [0.25, 0.3) is 0 Å².